The molecule has 12 heavy (non-hydrogen) atoms. The van der Waals surface area contributed by atoms with Gasteiger partial charge in [-0.15, -0.1) is 0 Å². The summed E-state index contributed by atoms with van der Waals surface area (Å²) in [4.78, 5) is 0. The van der Waals surface area contributed by atoms with Crippen molar-refractivity contribution in [2.24, 2.45) is 0 Å². The number of hydrogen-bond acceptors (Lipinski definition) is 1. The van der Waals surface area contributed by atoms with Crippen LogP contribution in [0.2, 0.25) is 0 Å². The molecule has 1 aliphatic rings. The fourth-order valence-corrected chi connectivity index (χ4v) is 1.76. The van der Waals surface area contributed by atoms with Crippen LogP contribution in [0, 0.1) is 0 Å². The third-order valence-corrected chi connectivity index (χ3v) is 2.59. The van der Waals surface area contributed by atoms with E-state index < -0.39 is 0 Å². The van der Waals surface area contributed by atoms with E-state index >= 15 is 0 Å². The summed E-state index contributed by atoms with van der Waals surface area (Å²) >= 11 is 2.36. The maximum absolute atomic E-state index is 5.73. The second-order valence-electron chi connectivity index (χ2n) is 3.16. The topological polar surface area (TPSA) is 9.23 Å². The van der Waals surface area contributed by atoms with E-state index in [1.165, 1.54) is 32.1 Å². The lowest BCUT2D eigenvalue weighted by Crippen LogP contribution is -2.18. The van der Waals surface area contributed by atoms with Crippen LogP contribution in [0.5, 0.6) is 0 Å². The Labute approximate surface area is 89.7 Å². The lowest BCUT2D eigenvalue weighted by atomic mass is 9.71. The Kier molecular flexibility index (Phi) is 6.22. The van der Waals surface area contributed by atoms with Crippen LogP contribution < -0.4 is 0 Å². The van der Waals surface area contributed by atoms with Crippen LogP contribution in [0.3, 0.4) is 0 Å². The molecule has 1 rings (SSSR count). The summed E-state index contributed by atoms with van der Waals surface area (Å²) < 4.78 is 5.73. The third kappa shape index (κ3) is 4.55. The predicted molar refractivity (Wildman–Crippen MR) is 65.4 cm³/mol. The highest BCUT2D eigenvalue weighted by molar-refractivity contribution is 14.1. The molecule has 0 aromatic rings. The predicted octanol–water partition coefficient (Wildman–Crippen LogP) is 1.94. The van der Waals surface area contributed by atoms with Gasteiger partial charge < -0.3 is 4.65 Å². The van der Waals surface area contributed by atoms with Crippen molar-refractivity contribution in [3.8, 4) is 0 Å². The molecule has 1 aliphatic carbocycles. The summed E-state index contributed by atoms with van der Waals surface area (Å²) in [6.07, 6.45) is 11.3. The van der Waals surface area contributed by atoms with Gasteiger partial charge in [-0.3, -0.25) is 0 Å². The van der Waals surface area contributed by atoms with Crippen molar-refractivity contribution in [1.29, 1.82) is 0 Å². The zero-order valence-corrected chi connectivity index (χ0v) is 9.63. The van der Waals surface area contributed by atoms with Crippen LogP contribution in [0.15, 0.2) is 12.2 Å². The second-order valence-corrected chi connectivity index (χ2v) is 4.24. The van der Waals surface area contributed by atoms with Gasteiger partial charge in [0.15, 0.2) is 0 Å². The largest absolute Gasteiger partial charge is 0.445 e. The Hall–Kier alpha value is 0.560. The fraction of sp³-hybridized carbons (Fsp3) is 0.750. The minimum Gasteiger partial charge on any atom is -0.445 e. The van der Waals surface area contributed by atoms with Gasteiger partial charge in [0, 0.05) is 6.10 Å². The molecule has 0 saturated carbocycles. The highest BCUT2D eigenvalue weighted by Crippen LogP contribution is 2.14. The van der Waals surface area contributed by atoms with Gasteiger partial charge in [0.05, 0.1) is 0 Å². The summed E-state index contributed by atoms with van der Waals surface area (Å²) in [5.41, 5.74) is 0. The van der Waals surface area contributed by atoms with Gasteiger partial charge >= 0.3 is 0 Å². The normalized spacial score (nSPS) is 26.9. The van der Waals surface area contributed by atoms with Gasteiger partial charge in [-0.2, -0.15) is 22.4 Å². The lowest BCUT2D eigenvalue weighted by Gasteiger charge is -2.17. The van der Waals surface area contributed by atoms with Gasteiger partial charge in [-0.05, 0) is 32.1 Å². The highest BCUT2D eigenvalue weighted by Gasteiger charge is 2.08. The quantitative estimate of drug-likeness (QED) is 0.435. The van der Waals surface area contributed by atoms with Crippen molar-refractivity contribution in [2.45, 2.75) is 38.2 Å². The number of hydrogen-bond donors (Lipinski definition) is 0. The van der Waals surface area contributed by atoms with E-state index in [-0.39, 0.29) is 0 Å². The fourth-order valence-electron chi connectivity index (χ4n) is 1.50. The van der Waals surface area contributed by atoms with Crippen molar-refractivity contribution in [3.05, 3.63) is 12.2 Å². The van der Waals surface area contributed by atoms with E-state index in [1.807, 2.05) is 0 Å². The first-order valence-corrected chi connectivity index (χ1v) is 6.28. The molecule has 0 aromatic carbocycles. The van der Waals surface area contributed by atoms with Crippen molar-refractivity contribution >= 4 is 34.8 Å². The molecule has 0 fully saturated rings. The van der Waals surface area contributed by atoms with Crippen LogP contribution >= 0.6 is 22.4 Å². The van der Waals surface area contributed by atoms with Gasteiger partial charge in [0.2, 0.25) is 12.4 Å². The Balaban J connectivity index is 2.18. The summed E-state index contributed by atoms with van der Waals surface area (Å²) in [5, 5.41) is 1.12. The van der Waals surface area contributed by atoms with Crippen LogP contribution in [0.25, 0.3) is 0 Å². The molecule has 0 saturated heterocycles. The van der Waals surface area contributed by atoms with E-state index in [4.69, 9.17) is 4.65 Å². The third-order valence-electron chi connectivity index (χ3n) is 2.15. The molecule has 1 nitrogen and oxygen atoms in total. The lowest BCUT2D eigenvalue weighted by molar-refractivity contribution is 0.192. The van der Waals surface area contributed by atoms with Crippen molar-refractivity contribution in [1.82, 2.24) is 0 Å². The number of halogens is 1. The van der Waals surface area contributed by atoms with Crippen LogP contribution in [0.4, 0.5) is 0 Å². The Morgan fingerprint density at radius 2 is 2.08 bits per heavy atom. The summed E-state index contributed by atoms with van der Waals surface area (Å²) in [7, 11) is 0.926. The summed E-state index contributed by atoms with van der Waals surface area (Å²) in [5.74, 6) is 0. The average Bonchev–Trinajstić information content (AvgIpc) is 2.02. The molecule has 0 heterocycles. The van der Waals surface area contributed by atoms with Crippen LogP contribution in [0.1, 0.15) is 32.1 Å². The average molecular weight is 276 g/mol. The summed E-state index contributed by atoms with van der Waals surface area (Å²) in [6, 6.07) is 0. The molecular weight excluding hydrogens is 261 g/mol. The Bertz CT molecular complexity index is 141. The SMILES string of the molecule is IBBOC1CC/C=C/CCC1. The van der Waals surface area contributed by atoms with E-state index in [9.17, 15) is 0 Å². The first kappa shape index (κ1) is 10.6. The van der Waals surface area contributed by atoms with Crippen molar-refractivity contribution < 1.29 is 4.65 Å². The Morgan fingerprint density at radius 1 is 1.25 bits per heavy atom. The first-order valence-electron chi connectivity index (χ1n) is 4.76. The minimum atomic E-state index is 0.532. The van der Waals surface area contributed by atoms with Crippen LogP contribution in [-0.4, -0.2) is 18.5 Å². The molecule has 1 atom stereocenters. The molecule has 66 valence electrons. The highest BCUT2D eigenvalue weighted by atomic mass is 127. The van der Waals surface area contributed by atoms with Crippen LogP contribution in [-0.2, 0) is 4.65 Å². The zero-order chi connectivity index (χ0) is 8.65. The molecule has 0 bridgehead atoms. The summed E-state index contributed by atoms with van der Waals surface area (Å²) in [6.45, 7) is 0. The number of rotatable bonds is 3. The molecule has 4 heteroatoms. The molecule has 0 aromatic heterocycles. The molecule has 0 amide bonds. The van der Waals surface area contributed by atoms with Gasteiger partial charge in [-0.1, -0.05) is 12.2 Å². The zero-order valence-electron chi connectivity index (χ0n) is 7.47. The van der Waals surface area contributed by atoms with E-state index in [0.29, 0.717) is 6.10 Å². The number of allylic oxidation sites excluding steroid dienone is 2. The molecule has 0 N–H and O–H groups in total. The van der Waals surface area contributed by atoms with Crippen molar-refractivity contribution in [3.63, 3.8) is 0 Å². The monoisotopic (exact) mass is 276 g/mol. The Morgan fingerprint density at radius 3 is 2.92 bits per heavy atom. The molecule has 0 aliphatic heterocycles. The second kappa shape index (κ2) is 7.01. The van der Waals surface area contributed by atoms with E-state index in [2.05, 4.69) is 34.5 Å². The molecular formula is C8H15B2IO. The van der Waals surface area contributed by atoms with E-state index in [0.717, 1.165) is 12.4 Å². The first-order chi connectivity index (χ1) is 5.93. The van der Waals surface area contributed by atoms with Crippen molar-refractivity contribution in [2.75, 3.05) is 0 Å². The molecule has 0 spiro atoms. The minimum absolute atomic E-state index is 0.532. The smallest absolute Gasteiger partial charge is 0.249 e. The van der Waals surface area contributed by atoms with Gasteiger partial charge in [-0.25, -0.2) is 0 Å². The molecule has 0 radical (unpaired) electrons. The standard InChI is InChI=1S/C8H15B2IO/c11-9-10-12-8-6-4-2-1-3-5-7-8/h1-2,8-10H,3-7H2/b2-1+. The van der Waals surface area contributed by atoms with Gasteiger partial charge in [0.25, 0.3) is 0 Å². The van der Waals surface area contributed by atoms with Gasteiger partial charge in [0.1, 0.15) is 0 Å². The van der Waals surface area contributed by atoms with E-state index in [1.54, 1.807) is 0 Å². The molecule has 1 unspecified atom stereocenters. The maximum Gasteiger partial charge on any atom is 0.249 e. The maximum atomic E-state index is 5.73.